The van der Waals surface area contributed by atoms with Crippen LogP contribution in [0, 0.1) is 11.7 Å². The molecule has 1 aromatic carbocycles. The number of hydrogen-bond donors (Lipinski definition) is 1. The van der Waals surface area contributed by atoms with E-state index >= 15 is 0 Å². The van der Waals surface area contributed by atoms with Crippen molar-refractivity contribution in [3.63, 3.8) is 0 Å². The van der Waals surface area contributed by atoms with E-state index in [-0.39, 0.29) is 5.82 Å². The average molecular weight is 281 g/mol. The Morgan fingerprint density at radius 2 is 2.00 bits per heavy atom. The maximum Gasteiger partial charge on any atom is 0.165 e. The molecule has 0 unspecified atom stereocenters. The molecular weight excluding hydrogens is 257 g/mol. The number of nitrogens with zero attached hydrogens (tertiary/aromatic N) is 1. The van der Waals surface area contributed by atoms with Gasteiger partial charge in [0.2, 0.25) is 0 Å². The van der Waals surface area contributed by atoms with Crippen LogP contribution in [0.3, 0.4) is 0 Å². The molecule has 0 aromatic heterocycles. The molecule has 1 aliphatic carbocycles. The highest BCUT2D eigenvalue weighted by atomic mass is 19.1. The zero-order valence-electron chi connectivity index (χ0n) is 12.3. The number of halogens is 1. The van der Waals surface area contributed by atoms with Crippen molar-refractivity contribution in [2.45, 2.75) is 38.3 Å². The summed E-state index contributed by atoms with van der Waals surface area (Å²) in [7, 11) is 3.57. The lowest BCUT2D eigenvalue weighted by Crippen LogP contribution is -2.35. The van der Waals surface area contributed by atoms with Crippen molar-refractivity contribution >= 4 is 0 Å². The monoisotopic (exact) mass is 281 g/mol. The first-order valence-corrected chi connectivity index (χ1v) is 7.27. The van der Waals surface area contributed by atoms with Crippen LogP contribution in [-0.4, -0.2) is 36.8 Å². The Balaban J connectivity index is 1.91. The quantitative estimate of drug-likeness (QED) is 0.901. The lowest BCUT2D eigenvalue weighted by molar-refractivity contribution is 0.124. The van der Waals surface area contributed by atoms with Gasteiger partial charge in [-0.2, -0.15) is 0 Å². The molecule has 1 N–H and O–H groups in total. The van der Waals surface area contributed by atoms with Crippen LogP contribution >= 0.6 is 0 Å². The van der Waals surface area contributed by atoms with Crippen molar-refractivity contribution in [3.8, 4) is 5.75 Å². The van der Waals surface area contributed by atoms with Crippen molar-refractivity contribution in [2.24, 2.45) is 5.92 Å². The molecule has 20 heavy (non-hydrogen) atoms. The highest BCUT2D eigenvalue weighted by Gasteiger charge is 2.23. The minimum absolute atomic E-state index is 0.292. The van der Waals surface area contributed by atoms with E-state index in [4.69, 9.17) is 9.84 Å². The maximum absolute atomic E-state index is 13.7. The van der Waals surface area contributed by atoms with Gasteiger partial charge in [0.1, 0.15) is 0 Å². The Kier molecular flexibility index (Phi) is 5.38. The summed E-state index contributed by atoms with van der Waals surface area (Å²) in [6, 6.07) is 5.68. The van der Waals surface area contributed by atoms with E-state index < -0.39 is 0 Å². The van der Waals surface area contributed by atoms with Gasteiger partial charge >= 0.3 is 0 Å². The van der Waals surface area contributed by atoms with Crippen LogP contribution in [0.5, 0.6) is 5.75 Å². The van der Waals surface area contributed by atoms with Gasteiger partial charge in [-0.3, -0.25) is 4.90 Å². The van der Waals surface area contributed by atoms with E-state index in [1.54, 1.807) is 12.1 Å². The second kappa shape index (κ2) is 7.04. The third kappa shape index (κ3) is 3.70. The molecule has 0 heterocycles. The molecule has 2 rings (SSSR count). The fraction of sp³-hybridized carbons (Fsp3) is 0.625. The molecule has 0 bridgehead atoms. The predicted octanol–water partition coefficient (Wildman–Crippen LogP) is 2.82. The van der Waals surface area contributed by atoms with Gasteiger partial charge < -0.3 is 9.84 Å². The summed E-state index contributed by atoms with van der Waals surface area (Å²) in [6.07, 6.45) is 4.39. The van der Waals surface area contributed by atoms with Gasteiger partial charge in [0.25, 0.3) is 0 Å². The third-order valence-electron chi connectivity index (χ3n) is 4.35. The van der Waals surface area contributed by atoms with Crippen LogP contribution in [0.4, 0.5) is 4.39 Å². The van der Waals surface area contributed by atoms with E-state index in [0.717, 1.165) is 37.8 Å². The molecule has 0 radical (unpaired) electrons. The zero-order valence-corrected chi connectivity index (χ0v) is 12.3. The summed E-state index contributed by atoms with van der Waals surface area (Å²) in [6.45, 7) is 1.05. The molecule has 0 aliphatic heterocycles. The zero-order chi connectivity index (χ0) is 14.5. The third-order valence-corrected chi connectivity index (χ3v) is 4.35. The molecule has 0 amide bonds. The second-order valence-electron chi connectivity index (χ2n) is 5.74. The highest BCUT2D eigenvalue weighted by molar-refractivity contribution is 5.29. The van der Waals surface area contributed by atoms with E-state index in [2.05, 4.69) is 11.9 Å². The summed E-state index contributed by atoms with van der Waals surface area (Å²) in [5.41, 5.74) is 0.968. The topological polar surface area (TPSA) is 32.7 Å². The second-order valence-corrected chi connectivity index (χ2v) is 5.74. The summed E-state index contributed by atoms with van der Waals surface area (Å²) in [5.74, 6) is 0.459. The van der Waals surface area contributed by atoms with Crippen LogP contribution in [-0.2, 0) is 6.54 Å². The van der Waals surface area contributed by atoms with Gasteiger partial charge in [-0.25, -0.2) is 4.39 Å². The van der Waals surface area contributed by atoms with Crippen LogP contribution in [0.25, 0.3) is 0 Å². The molecule has 1 aliphatic rings. The Labute approximate surface area is 120 Å². The number of rotatable bonds is 5. The maximum atomic E-state index is 13.7. The fourth-order valence-electron chi connectivity index (χ4n) is 2.99. The molecule has 3 nitrogen and oxygen atoms in total. The molecular formula is C16H24FNO2. The summed E-state index contributed by atoms with van der Waals surface area (Å²) < 4.78 is 18.6. The molecule has 0 spiro atoms. The largest absolute Gasteiger partial charge is 0.494 e. The SMILES string of the molecule is COc1ccc(CN(C)C2CCC(CO)CC2)cc1F. The van der Waals surface area contributed by atoms with E-state index in [1.807, 2.05) is 6.07 Å². The Hall–Kier alpha value is -1.13. The first-order valence-electron chi connectivity index (χ1n) is 7.27. The van der Waals surface area contributed by atoms with Crippen LogP contribution in [0.15, 0.2) is 18.2 Å². The molecule has 0 atom stereocenters. The summed E-state index contributed by atoms with van der Waals surface area (Å²) in [5, 5.41) is 9.16. The number of benzene rings is 1. The molecule has 0 saturated heterocycles. The summed E-state index contributed by atoms with van der Waals surface area (Å²) in [4.78, 5) is 2.29. The van der Waals surface area contributed by atoms with Crippen molar-refractivity contribution in [3.05, 3.63) is 29.6 Å². The first kappa shape index (κ1) is 15.3. The van der Waals surface area contributed by atoms with Gasteiger partial charge in [0, 0.05) is 19.2 Å². The minimum atomic E-state index is -0.303. The van der Waals surface area contributed by atoms with Crippen LogP contribution in [0.1, 0.15) is 31.2 Å². The van der Waals surface area contributed by atoms with Gasteiger partial charge in [0.15, 0.2) is 11.6 Å². The number of aliphatic hydroxyl groups is 1. The van der Waals surface area contributed by atoms with E-state index in [0.29, 0.717) is 24.3 Å². The van der Waals surface area contributed by atoms with Crippen molar-refractivity contribution in [1.29, 1.82) is 0 Å². The number of aliphatic hydroxyl groups excluding tert-OH is 1. The van der Waals surface area contributed by atoms with Crippen molar-refractivity contribution in [1.82, 2.24) is 4.90 Å². The Morgan fingerprint density at radius 3 is 2.55 bits per heavy atom. The molecule has 4 heteroatoms. The number of ether oxygens (including phenoxy) is 1. The normalized spacial score (nSPS) is 23.1. The van der Waals surface area contributed by atoms with E-state index in [9.17, 15) is 4.39 Å². The number of hydrogen-bond acceptors (Lipinski definition) is 3. The number of methoxy groups -OCH3 is 1. The predicted molar refractivity (Wildman–Crippen MR) is 77.3 cm³/mol. The van der Waals surface area contributed by atoms with Crippen molar-refractivity contribution in [2.75, 3.05) is 20.8 Å². The highest BCUT2D eigenvalue weighted by Crippen LogP contribution is 2.28. The Morgan fingerprint density at radius 1 is 1.30 bits per heavy atom. The van der Waals surface area contributed by atoms with Crippen molar-refractivity contribution < 1.29 is 14.2 Å². The standard InChI is InChI=1S/C16H24FNO2/c1-18(14-6-3-12(11-19)4-7-14)10-13-5-8-16(20-2)15(17)9-13/h5,8-9,12,14,19H,3-4,6-7,10-11H2,1-2H3. The first-order chi connectivity index (χ1) is 9.63. The molecule has 1 aromatic rings. The smallest absolute Gasteiger partial charge is 0.165 e. The molecule has 1 fully saturated rings. The molecule has 112 valence electrons. The fourth-order valence-corrected chi connectivity index (χ4v) is 2.99. The Bertz CT molecular complexity index is 430. The van der Waals surface area contributed by atoms with Gasteiger partial charge in [-0.05, 0) is 56.3 Å². The lowest BCUT2D eigenvalue weighted by atomic mass is 9.86. The van der Waals surface area contributed by atoms with Crippen LogP contribution in [0.2, 0.25) is 0 Å². The lowest BCUT2D eigenvalue weighted by Gasteiger charge is -2.34. The van der Waals surface area contributed by atoms with E-state index in [1.165, 1.54) is 7.11 Å². The van der Waals surface area contributed by atoms with Crippen LogP contribution < -0.4 is 4.74 Å². The average Bonchev–Trinajstić information content (AvgIpc) is 2.47. The van der Waals surface area contributed by atoms with Gasteiger partial charge in [-0.1, -0.05) is 6.07 Å². The van der Waals surface area contributed by atoms with Gasteiger partial charge in [0.05, 0.1) is 7.11 Å². The summed E-state index contributed by atoms with van der Waals surface area (Å²) >= 11 is 0. The molecule has 1 saturated carbocycles. The van der Waals surface area contributed by atoms with Gasteiger partial charge in [-0.15, -0.1) is 0 Å². The minimum Gasteiger partial charge on any atom is -0.494 e.